The van der Waals surface area contributed by atoms with Crippen molar-refractivity contribution in [1.29, 1.82) is 0 Å². The van der Waals surface area contributed by atoms with Crippen LogP contribution in [0.1, 0.15) is 33.6 Å². The highest BCUT2D eigenvalue weighted by Gasteiger charge is 2.56. The highest BCUT2D eigenvalue weighted by atomic mass is 16.5. The van der Waals surface area contributed by atoms with Crippen molar-refractivity contribution < 1.29 is 9.47 Å². The van der Waals surface area contributed by atoms with Crippen molar-refractivity contribution in [2.45, 2.75) is 39.2 Å². The molecule has 2 fully saturated rings. The highest BCUT2D eigenvalue weighted by molar-refractivity contribution is 5.06. The van der Waals surface area contributed by atoms with Gasteiger partial charge in [-0.3, -0.25) is 0 Å². The highest BCUT2D eigenvalue weighted by Crippen LogP contribution is 2.54. The van der Waals surface area contributed by atoms with Gasteiger partial charge in [0.1, 0.15) is 0 Å². The van der Waals surface area contributed by atoms with Gasteiger partial charge in [-0.05, 0) is 19.8 Å². The smallest absolute Gasteiger partial charge is 0.0672 e. The van der Waals surface area contributed by atoms with Crippen molar-refractivity contribution in [3.05, 3.63) is 12.7 Å². The Labute approximate surface area is 87.3 Å². The Hall–Kier alpha value is -0.340. The van der Waals surface area contributed by atoms with Gasteiger partial charge in [0.15, 0.2) is 0 Å². The fourth-order valence-electron chi connectivity index (χ4n) is 2.49. The van der Waals surface area contributed by atoms with E-state index >= 15 is 0 Å². The van der Waals surface area contributed by atoms with Crippen LogP contribution in [0.15, 0.2) is 12.7 Å². The lowest BCUT2D eigenvalue weighted by molar-refractivity contribution is -0.246. The normalized spacial score (nSPS) is 25.4. The molecule has 2 rings (SSSR count). The zero-order valence-corrected chi connectivity index (χ0v) is 9.64. The average Bonchev–Trinajstić information content (AvgIpc) is 2.11. The van der Waals surface area contributed by atoms with Crippen molar-refractivity contribution in [3.8, 4) is 0 Å². The van der Waals surface area contributed by atoms with Gasteiger partial charge in [0.2, 0.25) is 0 Å². The maximum absolute atomic E-state index is 5.67. The van der Waals surface area contributed by atoms with Gasteiger partial charge in [0.05, 0.1) is 25.4 Å². The molecule has 2 heteroatoms. The molecule has 1 aliphatic carbocycles. The molecule has 0 aromatic rings. The van der Waals surface area contributed by atoms with Gasteiger partial charge in [-0.25, -0.2) is 0 Å². The molecule has 2 nitrogen and oxygen atoms in total. The third-order valence-electron chi connectivity index (χ3n) is 2.86. The van der Waals surface area contributed by atoms with Crippen LogP contribution in [0.4, 0.5) is 0 Å². The van der Waals surface area contributed by atoms with Crippen LogP contribution in [0.25, 0.3) is 0 Å². The minimum atomic E-state index is 0.109. The number of rotatable bonds is 3. The standard InChI is InChI=1S/C10H16O2.C2H6/c1-3-4-12-9(2)5-10(6-9)7-11-8-10;1-2/h3H,1,4-8H2,2H3;1-2H3. The summed E-state index contributed by atoms with van der Waals surface area (Å²) < 4.78 is 10.9. The fraction of sp³-hybridized carbons (Fsp3) is 0.833. The van der Waals surface area contributed by atoms with Crippen LogP contribution < -0.4 is 0 Å². The van der Waals surface area contributed by atoms with E-state index in [9.17, 15) is 0 Å². The van der Waals surface area contributed by atoms with Gasteiger partial charge in [-0.15, -0.1) is 6.58 Å². The zero-order valence-electron chi connectivity index (χ0n) is 9.64. The molecule has 1 spiro atoms. The lowest BCUT2D eigenvalue weighted by Crippen LogP contribution is -2.61. The van der Waals surface area contributed by atoms with Crippen LogP contribution in [0.5, 0.6) is 0 Å². The molecule has 0 amide bonds. The number of hydrogen-bond acceptors (Lipinski definition) is 2. The predicted molar refractivity (Wildman–Crippen MR) is 58.4 cm³/mol. The molecule has 0 aromatic heterocycles. The van der Waals surface area contributed by atoms with Crippen LogP contribution in [0.2, 0.25) is 0 Å². The van der Waals surface area contributed by atoms with E-state index < -0.39 is 0 Å². The van der Waals surface area contributed by atoms with E-state index in [0.717, 1.165) is 26.1 Å². The molecule has 0 radical (unpaired) electrons. The Bertz CT molecular complexity index is 186. The molecular formula is C12H22O2. The SMILES string of the molecule is C=CCOC1(C)CC2(COC2)C1.CC. The first kappa shape index (κ1) is 11.7. The van der Waals surface area contributed by atoms with E-state index in [2.05, 4.69) is 13.5 Å². The molecule has 1 saturated carbocycles. The molecule has 0 atom stereocenters. The summed E-state index contributed by atoms with van der Waals surface area (Å²) in [5.74, 6) is 0. The van der Waals surface area contributed by atoms with Gasteiger partial charge >= 0.3 is 0 Å². The Balaban J connectivity index is 0.000000461. The van der Waals surface area contributed by atoms with E-state index in [-0.39, 0.29) is 5.60 Å². The maximum atomic E-state index is 5.67. The summed E-state index contributed by atoms with van der Waals surface area (Å²) in [7, 11) is 0. The van der Waals surface area contributed by atoms with Crippen molar-refractivity contribution >= 4 is 0 Å². The number of hydrogen-bond donors (Lipinski definition) is 0. The Morgan fingerprint density at radius 3 is 2.29 bits per heavy atom. The monoisotopic (exact) mass is 198 g/mol. The van der Waals surface area contributed by atoms with E-state index in [1.165, 1.54) is 0 Å². The predicted octanol–water partition coefficient (Wildman–Crippen LogP) is 2.78. The molecule has 2 aliphatic rings. The molecule has 1 heterocycles. The third-order valence-corrected chi connectivity index (χ3v) is 2.86. The van der Waals surface area contributed by atoms with Gasteiger partial charge in [0, 0.05) is 5.41 Å². The lowest BCUT2D eigenvalue weighted by atomic mass is 9.58. The van der Waals surface area contributed by atoms with Crippen molar-refractivity contribution in [3.63, 3.8) is 0 Å². The first-order valence-electron chi connectivity index (χ1n) is 5.51. The second-order valence-corrected chi connectivity index (χ2v) is 4.40. The molecule has 0 aromatic carbocycles. The van der Waals surface area contributed by atoms with Gasteiger partial charge in [0.25, 0.3) is 0 Å². The van der Waals surface area contributed by atoms with E-state index in [4.69, 9.17) is 9.47 Å². The molecule has 0 bridgehead atoms. The fourth-order valence-corrected chi connectivity index (χ4v) is 2.49. The van der Waals surface area contributed by atoms with Crippen LogP contribution >= 0.6 is 0 Å². The summed E-state index contributed by atoms with van der Waals surface area (Å²) in [6.07, 6.45) is 4.13. The first-order chi connectivity index (χ1) is 6.68. The molecule has 1 saturated heterocycles. The minimum Gasteiger partial charge on any atom is -0.380 e. The summed E-state index contributed by atoms with van der Waals surface area (Å²) in [5, 5.41) is 0. The Morgan fingerprint density at radius 1 is 1.36 bits per heavy atom. The van der Waals surface area contributed by atoms with Gasteiger partial charge in [-0.2, -0.15) is 0 Å². The van der Waals surface area contributed by atoms with E-state index in [1.807, 2.05) is 19.9 Å². The summed E-state index contributed by atoms with van der Waals surface area (Å²) in [6.45, 7) is 12.4. The second-order valence-electron chi connectivity index (χ2n) is 4.40. The van der Waals surface area contributed by atoms with Crippen molar-refractivity contribution in [1.82, 2.24) is 0 Å². The van der Waals surface area contributed by atoms with Gasteiger partial charge < -0.3 is 9.47 Å². The molecule has 0 N–H and O–H groups in total. The zero-order chi connectivity index (χ0) is 10.7. The Morgan fingerprint density at radius 2 is 1.93 bits per heavy atom. The average molecular weight is 198 g/mol. The summed E-state index contributed by atoms with van der Waals surface area (Å²) in [4.78, 5) is 0. The topological polar surface area (TPSA) is 18.5 Å². The second kappa shape index (κ2) is 4.45. The molecule has 14 heavy (non-hydrogen) atoms. The summed E-state index contributed by atoms with van der Waals surface area (Å²) in [5.41, 5.74) is 0.605. The summed E-state index contributed by atoms with van der Waals surface area (Å²) in [6, 6.07) is 0. The molecule has 0 unspecified atom stereocenters. The van der Waals surface area contributed by atoms with Crippen molar-refractivity contribution in [2.24, 2.45) is 5.41 Å². The van der Waals surface area contributed by atoms with E-state index in [1.54, 1.807) is 0 Å². The van der Waals surface area contributed by atoms with Crippen LogP contribution in [0, 0.1) is 5.41 Å². The summed E-state index contributed by atoms with van der Waals surface area (Å²) >= 11 is 0. The lowest BCUT2D eigenvalue weighted by Gasteiger charge is -2.58. The molecule has 82 valence electrons. The third kappa shape index (κ3) is 2.18. The quantitative estimate of drug-likeness (QED) is 0.649. The Kier molecular flexibility index (Phi) is 3.73. The largest absolute Gasteiger partial charge is 0.380 e. The van der Waals surface area contributed by atoms with Crippen LogP contribution in [-0.4, -0.2) is 25.4 Å². The minimum absolute atomic E-state index is 0.109. The van der Waals surface area contributed by atoms with Crippen molar-refractivity contribution in [2.75, 3.05) is 19.8 Å². The maximum Gasteiger partial charge on any atom is 0.0672 e. The molecule has 1 aliphatic heterocycles. The van der Waals surface area contributed by atoms with Crippen LogP contribution in [0.3, 0.4) is 0 Å². The van der Waals surface area contributed by atoms with E-state index in [0.29, 0.717) is 12.0 Å². The van der Waals surface area contributed by atoms with Gasteiger partial charge in [-0.1, -0.05) is 19.9 Å². The first-order valence-corrected chi connectivity index (χ1v) is 5.51. The number of ether oxygens (including phenoxy) is 2. The van der Waals surface area contributed by atoms with Crippen LogP contribution in [-0.2, 0) is 9.47 Å². The molecular weight excluding hydrogens is 176 g/mol.